The number of nitrogens with zero attached hydrogens (tertiary/aromatic N) is 7. The first-order valence-electron chi connectivity index (χ1n) is 8.07. The number of allylic oxidation sites excluding steroid dienone is 1. The third kappa shape index (κ3) is 3.29. The molecule has 0 unspecified atom stereocenters. The Labute approximate surface area is 161 Å². The van der Waals surface area contributed by atoms with Crippen molar-refractivity contribution < 1.29 is 17.9 Å². The number of nitrogens with one attached hydrogen (secondary N) is 1. The molecule has 0 fully saturated rings. The summed E-state index contributed by atoms with van der Waals surface area (Å²) in [7, 11) is 1.50. The first-order valence-corrected chi connectivity index (χ1v) is 8.07. The van der Waals surface area contributed by atoms with Crippen molar-refractivity contribution in [2.75, 3.05) is 12.2 Å². The van der Waals surface area contributed by atoms with Crippen molar-refractivity contribution in [1.29, 1.82) is 5.26 Å². The van der Waals surface area contributed by atoms with E-state index in [9.17, 15) is 13.2 Å². The molecule has 4 rings (SSSR count). The number of hydrazine groups is 1. The van der Waals surface area contributed by atoms with Crippen molar-refractivity contribution in [2.24, 2.45) is 0 Å². The molecule has 0 bridgehead atoms. The standard InChI is InChI=1S/C17H11F3N8O/c1-29-12-2-3-27(25-8-12)28-15-13(4-10(6-24-15)17(18,19)20)26-16(28)14-9-22-11(5-21)7-23-14/h2-4,6-9,25H,1H3. The summed E-state index contributed by atoms with van der Waals surface area (Å²) in [5.74, 6) is 0.716. The molecule has 0 saturated carbocycles. The second kappa shape index (κ2) is 6.79. The Kier molecular flexibility index (Phi) is 4.27. The molecule has 29 heavy (non-hydrogen) atoms. The van der Waals surface area contributed by atoms with Gasteiger partial charge < -0.3 is 4.74 Å². The fourth-order valence-electron chi connectivity index (χ4n) is 2.60. The Hall–Kier alpha value is -4.14. The number of alkyl halides is 3. The summed E-state index contributed by atoms with van der Waals surface area (Å²) in [6.45, 7) is 0. The lowest BCUT2D eigenvalue weighted by Gasteiger charge is -2.25. The number of aromatic nitrogens is 5. The number of nitriles is 1. The minimum Gasteiger partial charge on any atom is -0.495 e. The van der Waals surface area contributed by atoms with Gasteiger partial charge in [0.15, 0.2) is 17.2 Å². The predicted octanol–water partition coefficient (Wildman–Crippen LogP) is 2.24. The van der Waals surface area contributed by atoms with Gasteiger partial charge in [-0.15, -0.1) is 0 Å². The highest BCUT2D eigenvalue weighted by Gasteiger charge is 2.32. The summed E-state index contributed by atoms with van der Waals surface area (Å²) in [6, 6.07) is 2.76. The second-order valence-corrected chi connectivity index (χ2v) is 5.75. The Morgan fingerprint density at radius 3 is 2.59 bits per heavy atom. The molecule has 0 amide bonds. The molecule has 1 aliphatic rings. The first-order chi connectivity index (χ1) is 13.9. The normalized spacial score (nSPS) is 13.8. The topological polar surface area (TPSA) is 105 Å². The lowest BCUT2D eigenvalue weighted by molar-refractivity contribution is -0.137. The van der Waals surface area contributed by atoms with Crippen LogP contribution in [0, 0.1) is 11.3 Å². The maximum atomic E-state index is 13.1. The molecule has 12 heteroatoms. The maximum Gasteiger partial charge on any atom is 0.417 e. The molecule has 0 spiro atoms. The van der Waals surface area contributed by atoms with Crippen LogP contribution in [0.2, 0.25) is 0 Å². The van der Waals surface area contributed by atoms with Crippen LogP contribution < -0.4 is 10.5 Å². The summed E-state index contributed by atoms with van der Waals surface area (Å²) in [5, 5.41) is 10.3. The minimum absolute atomic E-state index is 0.0118. The smallest absolute Gasteiger partial charge is 0.417 e. The number of rotatable bonds is 3. The van der Waals surface area contributed by atoms with Crippen LogP contribution in [-0.2, 0) is 10.9 Å². The van der Waals surface area contributed by atoms with Crippen LogP contribution in [0.1, 0.15) is 11.3 Å². The van der Waals surface area contributed by atoms with E-state index in [-0.39, 0.29) is 28.4 Å². The zero-order chi connectivity index (χ0) is 20.6. The SMILES string of the molecule is COC1=CNN(n2c(-c3cnc(C#N)cn3)nc3cc(C(F)(F)F)cnc32)C=C1. The zero-order valence-electron chi connectivity index (χ0n) is 14.7. The monoisotopic (exact) mass is 400 g/mol. The van der Waals surface area contributed by atoms with Crippen LogP contribution in [0.3, 0.4) is 0 Å². The van der Waals surface area contributed by atoms with Crippen LogP contribution in [0.5, 0.6) is 0 Å². The van der Waals surface area contributed by atoms with E-state index in [4.69, 9.17) is 10.00 Å². The number of halogens is 3. The molecule has 0 aromatic carbocycles. The lowest BCUT2D eigenvalue weighted by atomic mass is 10.2. The van der Waals surface area contributed by atoms with Crippen molar-refractivity contribution in [3.8, 4) is 17.6 Å². The van der Waals surface area contributed by atoms with Crippen molar-refractivity contribution in [2.45, 2.75) is 6.18 Å². The van der Waals surface area contributed by atoms with Gasteiger partial charge in [0.25, 0.3) is 0 Å². The highest BCUT2D eigenvalue weighted by molar-refractivity contribution is 5.77. The number of methoxy groups -OCH3 is 1. The van der Waals surface area contributed by atoms with E-state index in [1.165, 1.54) is 29.3 Å². The largest absolute Gasteiger partial charge is 0.495 e. The maximum absolute atomic E-state index is 13.1. The van der Waals surface area contributed by atoms with Crippen LogP contribution in [-0.4, -0.2) is 31.7 Å². The fraction of sp³-hybridized carbons (Fsp3) is 0.118. The van der Waals surface area contributed by atoms with E-state index in [1.54, 1.807) is 18.5 Å². The van der Waals surface area contributed by atoms with E-state index in [1.807, 2.05) is 6.07 Å². The summed E-state index contributed by atoms with van der Waals surface area (Å²) in [6.07, 6.45) is 3.50. The number of imidazole rings is 1. The number of fused-ring (bicyclic) bond motifs is 1. The van der Waals surface area contributed by atoms with Crippen LogP contribution >= 0.6 is 0 Å². The molecule has 0 radical (unpaired) electrons. The number of hydrogen-bond acceptors (Lipinski definition) is 8. The van der Waals surface area contributed by atoms with Gasteiger partial charge in [-0.1, -0.05) is 0 Å². The van der Waals surface area contributed by atoms with Gasteiger partial charge in [-0.25, -0.2) is 19.9 Å². The highest BCUT2D eigenvalue weighted by Crippen LogP contribution is 2.31. The van der Waals surface area contributed by atoms with Crippen LogP contribution in [0.15, 0.2) is 48.9 Å². The zero-order valence-corrected chi connectivity index (χ0v) is 14.7. The fourth-order valence-corrected chi connectivity index (χ4v) is 2.60. The minimum atomic E-state index is -4.56. The van der Waals surface area contributed by atoms with Gasteiger partial charge >= 0.3 is 6.18 Å². The average Bonchev–Trinajstić information content (AvgIpc) is 3.12. The van der Waals surface area contributed by atoms with Crippen molar-refractivity contribution in [3.05, 3.63) is 60.1 Å². The van der Waals surface area contributed by atoms with E-state index >= 15 is 0 Å². The van der Waals surface area contributed by atoms with Crippen LogP contribution in [0.25, 0.3) is 22.7 Å². The summed E-state index contributed by atoms with van der Waals surface area (Å²) in [5.41, 5.74) is 2.50. The molecular weight excluding hydrogens is 389 g/mol. The van der Waals surface area contributed by atoms with Gasteiger partial charge in [0.2, 0.25) is 0 Å². The van der Waals surface area contributed by atoms with Crippen molar-refractivity contribution in [1.82, 2.24) is 30.0 Å². The van der Waals surface area contributed by atoms with Gasteiger partial charge in [0.05, 0.1) is 31.3 Å². The van der Waals surface area contributed by atoms with E-state index in [2.05, 4.69) is 25.4 Å². The van der Waals surface area contributed by atoms with Crippen molar-refractivity contribution in [3.63, 3.8) is 0 Å². The summed E-state index contributed by atoms with van der Waals surface area (Å²) < 4.78 is 45.8. The molecule has 4 heterocycles. The Morgan fingerprint density at radius 2 is 2.00 bits per heavy atom. The number of pyridine rings is 1. The summed E-state index contributed by atoms with van der Waals surface area (Å²) >= 11 is 0. The van der Waals surface area contributed by atoms with Crippen molar-refractivity contribution >= 4 is 11.2 Å². The summed E-state index contributed by atoms with van der Waals surface area (Å²) in [4.78, 5) is 16.3. The first kappa shape index (κ1) is 18.2. The molecule has 1 N–H and O–H groups in total. The number of ether oxygens (including phenoxy) is 1. The lowest BCUT2D eigenvalue weighted by Crippen LogP contribution is -2.41. The Morgan fingerprint density at radius 1 is 1.17 bits per heavy atom. The van der Waals surface area contributed by atoms with Gasteiger partial charge in [0.1, 0.15) is 23.0 Å². The second-order valence-electron chi connectivity index (χ2n) is 5.75. The third-order valence-corrected chi connectivity index (χ3v) is 3.97. The molecule has 3 aromatic heterocycles. The van der Waals surface area contributed by atoms with Gasteiger partial charge in [-0.3, -0.25) is 5.43 Å². The molecule has 1 aliphatic heterocycles. The third-order valence-electron chi connectivity index (χ3n) is 3.97. The van der Waals surface area contributed by atoms with E-state index in [0.29, 0.717) is 5.76 Å². The van der Waals surface area contributed by atoms with Crippen LogP contribution in [0.4, 0.5) is 13.2 Å². The molecular formula is C17H11F3N8O. The molecule has 146 valence electrons. The predicted molar refractivity (Wildman–Crippen MR) is 93.9 cm³/mol. The molecule has 0 saturated heterocycles. The average molecular weight is 400 g/mol. The van der Waals surface area contributed by atoms with E-state index in [0.717, 1.165) is 12.3 Å². The quantitative estimate of drug-likeness (QED) is 0.714. The highest BCUT2D eigenvalue weighted by atomic mass is 19.4. The molecule has 3 aromatic rings. The van der Waals surface area contributed by atoms with Gasteiger partial charge in [-0.2, -0.15) is 28.2 Å². The van der Waals surface area contributed by atoms with Gasteiger partial charge in [0, 0.05) is 18.5 Å². The Bertz CT molecular complexity index is 1170. The van der Waals surface area contributed by atoms with Gasteiger partial charge in [-0.05, 0) is 6.07 Å². The van der Waals surface area contributed by atoms with E-state index < -0.39 is 11.7 Å². The molecule has 0 aliphatic carbocycles. The number of hydrogen-bond donors (Lipinski definition) is 1. The Balaban J connectivity index is 1.89. The molecule has 9 nitrogen and oxygen atoms in total. The molecule has 0 atom stereocenters.